The maximum atomic E-state index is 12.3. The molecule has 0 radical (unpaired) electrons. The van der Waals surface area contributed by atoms with Gasteiger partial charge in [-0.15, -0.1) is 0 Å². The van der Waals surface area contributed by atoms with Gasteiger partial charge < -0.3 is 19.9 Å². The topological polar surface area (TPSA) is 83.9 Å². The zero-order chi connectivity index (χ0) is 21.6. The third kappa shape index (κ3) is 4.38. The van der Waals surface area contributed by atoms with Gasteiger partial charge in [0.15, 0.2) is 11.9 Å². The molecule has 0 bridgehead atoms. The van der Waals surface area contributed by atoms with Crippen molar-refractivity contribution in [3.05, 3.63) is 53.7 Å². The zero-order valence-corrected chi connectivity index (χ0v) is 18.0. The van der Waals surface area contributed by atoms with Crippen LogP contribution in [0.2, 0.25) is 0 Å². The Morgan fingerprint density at radius 1 is 1.23 bits per heavy atom. The molecule has 1 saturated carbocycles. The molecule has 2 unspecified atom stereocenters. The number of nitrogens with zero attached hydrogens (tertiary/aromatic N) is 2. The molecule has 2 aromatic rings. The predicted octanol–water partition coefficient (Wildman–Crippen LogP) is 2.16. The highest BCUT2D eigenvalue weighted by Crippen LogP contribution is 2.52. The van der Waals surface area contributed by atoms with E-state index >= 15 is 0 Å². The van der Waals surface area contributed by atoms with Crippen LogP contribution < -0.4 is 14.8 Å². The number of aliphatic hydroxyl groups is 1. The number of nitrogens with one attached hydrogen (secondary N) is 1. The molecule has 2 fully saturated rings. The molecule has 1 aliphatic carbocycles. The van der Waals surface area contributed by atoms with E-state index in [1.54, 1.807) is 20.0 Å². The van der Waals surface area contributed by atoms with Gasteiger partial charge in [0, 0.05) is 38.3 Å². The first-order chi connectivity index (χ1) is 14.9. The number of amides is 1. The Labute approximate surface area is 182 Å². The summed E-state index contributed by atoms with van der Waals surface area (Å²) in [5.74, 6) is 2.32. The molecule has 3 heterocycles. The van der Waals surface area contributed by atoms with Crippen molar-refractivity contribution < 1.29 is 19.4 Å². The summed E-state index contributed by atoms with van der Waals surface area (Å²) >= 11 is 0. The molecule has 7 nitrogen and oxygen atoms in total. The molecule has 4 atom stereocenters. The van der Waals surface area contributed by atoms with E-state index in [1.165, 1.54) is 5.56 Å². The molecule has 164 valence electrons. The van der Waals surface area contributed by atoms with Crippen LogP contribution in [0.25, 0.3) is 0 Å². The monoisotopic (exact) mass is 423 g/mol. The Morgan fingerprint density at radius 3 is 2.68 bits per heavy atom. The minimum absolute atomic E-state index is 0.0897. The van der Waals surface area contributed by atoms with Crippen molar-refractivity contribution in [2.75, 3.05) is 26.2 Å². The third-order valence-corrected chi connectivity index (χ3v) is 6.41. The van der Waals surface area contributed by atoms with Gasteiger partial charge in [-0.05, 0) is 48.9 Å². The van der Waals surface area contributed by atoms with E-state index in [4.69, 9.17) is 9.47 Å². The van der Waals surface area contributed by atoms with Crippen molar-refractivity contribution in [1.29, 1.82) is 0 Å². The summed E-state index contributed by atoms with van der Waals surface area (Å²) in [5, 5.41) is 12.7. The molecule has 1 aromatic heterocycles. The van der Waals surface area contributed by atoms with Gasteiger partial charge in [-0.1, -0.05) is 24.3 Å². The van der Waals surface area contributed by atoms with Crippen LogP contribution in [0.1, 0.15) is 31.1 Å². The van der Waals surface area contributed by atoms with Gasteiger partial charge in [0.2, 0.25) is 5.91 Å². The molecular weight excluding hydrogens is 394 g/mol. The highest BCUT2D eigenvalue weighted by molar-refractivity contribution is 5.82. The first kappa shape index (κ1) is 20.3. The second kappa shape index (κ2) is 7.80. The lowest BCUT2D eigenvalue weighted by molar-refractivity contribution is -0.124. The lowest BCUT2D eigenvalue weighted by Gasteiger charge is -2.26. The largest absolute Gasteiger partial charge is 0.484 e. The summed E-state index contributed by atoms with van der Waals surface area (Å²) in [4.78, 5) is 19.0. The smallest absolute Gasteiger partial charge is 0.257 e. The Kier molecular flexibility index (Phi) is 5.10. The molecule has 1 aromatic carbocycles. The van der Waals surface area contributed by atoms with E-state index in [1.807, 2.05) is 12.1 Å². The number of benzene rings is 1. The quantitative estimate of drug-likeness (QED) is 0.741. The Morgan fingerprint density at radius 2 is 1.97 bits per heavy atom. The Bertz CT molecular complexity index is 944. The molecule has 0 spiro atoms. The number of aromatic nitrogens is 1. The fourth-order valence-electron chi connectivity index (χ4n) is 4.72. The number of carbonyl (C=O) groups excluding carboxylic acids is 1. The van der Waals surface area contributed by atoms with Gasteiger partial charge in [-0.25, -0.2) is 4.98 Å². The molecular formula is C24H29N3O4. The van der Waals surface area contributed by atoms with Crippen LogP contribution in [0.3, 0.4) is 0 Å². The molecule has 3 aliphatic rings. The zero-order valence-electron chi connectivity index (χ0n) is 18.0. The van der Waals surface area contributed by atoms with Gasteiger partial charge in [0.1, 0.15) is 6.61 Å². The van der Waals surface area contributed by atoms with Crippen molar-refractivity contribution in [3.8, 4) is 11.6 Å². The summed E-state index contributed by atoms with van der Waals surface area (Å²) in [5.41, 5.74) is 1.46. The molecule has 7 heteroatoms. The average Bonchev–Trinajstić information content (AvgIpc) is 3.27. The predicted molar refractivity (Wildman–Crippen MR) is 115 cm³/mol. The van der Waals surface area contributed by atoms with Gasteiger partial charge in [-0.3, -0.25) is 9.69 Å². The standard InChI is InChI=1S/C24H29N3O4/c1-24(2,29)14-26-22(28)21-17-11-27(12-18(17)21)10-15-5-7-16(8-6-15)20-13-30-19-4-3-9-25-23(19)31-20/h3-9,17-18,20-21,29H,10-14H2,1-2H3,(H,26,28)/t17-,18?,20-,21?/m1/s1. The number of fused-ring (bicyclic) bond motifs is 2. The van der Waals surface area contributed by atoms with E-state index in [2.05, 4.69) is 39.5 Å². The summed E-state index contributed by atoms with van der Waals surface area (Å²) < 4.78 is 11.8. The van der Waals surface area contributed by atoms with Crippen LogP contribution >= 0.6 is 0 Å². The molecule has 1 saturated heterocycles. The number of carbonyl (C=O) groups is 1. The minimum Gasteiger partial charge on any atom is -0.484 e. The van der Waals surface area contributed by atoms with Crippen molar-refractivity contribution in [2.45, 2.75) is 32.1 Å². The van der Waals surface area contributed by atoms with Crippen molar-refractivity contribution >= 4 is 5.91 Å². The maximum absolute atomic E-state index is 12.3. The fraction of sp³-hybridized carbons (Fsp3) is 0.500. The first-order valence-corrected chi connectivity index (χ1v) is 10.9. The second-order valence-electron chi connectivity index (χ2n) is 9.54. The van der Waals surface area contributed by atoms with E-state index < -0.39 is 5.60 Å². The van der Waals surface area contributed by atoms with Crippen LogP contribution in [-0.4, -0.2) is 52.7 Å². The summed E-state index contributed by atoms with van der Waals surface area (Å²) in [6, 6.07) is 12.2. The Hall–Kier alpha value is -2.64. The SMILES string of the molecule is CC(C)(O)CNC(=O)C1C2CN(Cc3ccc([C@H]4COc5cccnc5O4)cc3)C[C@H]21. The number of piperidine rings is 1. The molecule has 2 N–H and O–H groups in total. The molecule has 1 amide bonds. The molecule has 2 aliphatic heterocycles. The highest BCUT2D eigenvalue weighted by atomic mass is 16.6. The summed E-state index contributed by atoms with van der Waals surface area (Å²) in [6.07, 6.45) is 1.55. The fourth-order valence-corrected chi connectivity index (χ4v) is 4.72. The van der Waals surface area contributed by atoms with Gasteiger partial charge in [0.25, 0.3) is 5.88 Å². The van der Waals surface area contributed by atoms with Crippen LogP contribution in [0.15, 0.2) is 42.6 Å². The number of hydrogen-bond donors (Lipinski definition) is 2. The number of rotatable bonds is 6. The number of pyridine rings is 1. The maximum Gasteiger partial charge on any atom is 0.257 e. The van der Waals surface area contributed by atoms with E-state index in [9.17, 15) is 9.90 Å². The lowest BCUT2D eigenvalue weighted by Crippen LogP contribution is -2.40. The molecule has 31 heavy (non-hydrogen) atoms. The summed E-state index contributed by atoms with van der Waals surface area (Å²) in [7, 11) is 0. The van der Waals surface area contributed by atoms with Crippen LogP contribution in [0.4, 0.5) is 0 Å². The highest BCUT2D eigenvalue weighted by Gasteiger charge is 2.59. The van der Waals surface area contributed by atoms with E-state index in [0.717, 1.165) is 25.2 Å². The average molecular weight is 424 g/mol. The third-order valence-electron chi connectivity index (χ3n) is 6.41. The van der Waals surface area contributed by atoms with Crippen molar-refractivity contribution in [3.63, 3.8) is 0 Å². The second-order valence-corrected chi connectivity index (χ2v) is 9.54. The normalized spacial score (nSPS) is 26.9. The van der Waals surface area contributed by atoms with Gasteiger partial charge >= 0.3 is 0 Å². The first-order valence-electron chi connectivity index (χ1n) is 10.9. The van der Waals surface area contributed by atoms with Crippen molar-refractivity contribution in [2.24, 2.45) is 17.8 Å². The molecule has 5 rings (SSSR count). The van der Waals surface area contributed by atoms with Crippen LogP contribution in [0, 0.1) is 17.8 Å². The van der Waals surface area contributed by atoms with Gasteiger partial charge in [-0.2, -0.15) is 0 Å². The van der Waals surface area contributed by atoms with E-state index in [0.29, 0.717) is 36.6 Å². The minimum atomic E-state index is -0.869. The summed E-state index contributed by atoms with van der Waals surface area (Å²) in [6.45, 7) is 6.98. The van der Waals surface area contributed by atoms with Crippen molar-refractivity contribution in [1.82, 2.24) is 15.2 Å². The van der Waals surface area contributed by atoms with E-state index in [-0.39, 0.29) is 17.9 Å². The van der Waals surface area contributed by atoms with Crippen LogP contribution in [0.5, 0.6) is 11.6 Å². The lowest BCUT2D eigenvalue weighted by atomic mass is 10.1. The van der Waals surface area contributed by atoms with Crippen LogP contribution in [-0.2, 0) is 11.3 Å². The number of ether oxygens (including phenoxy) is 2. The number of likely N-dealkylation sites (tertiary alicyclic amines) is 1. The Balaban J connectivity index is 1.11. The van der Waals surface area contributed by atoms with Gasteiger partial charge in [0.05, 0.1) is 5.60 Å². The number of hydrogen-bond acceptors (Lipinski definition) is 6.